The lowest BCUT2D eigenvalue weighted by Crippen LogP contribution is -1.92. The monoisotopic (exact) mass is 246 g/mol. The minimum atomic E-state index is -2.65. The molecule has 0 aromatic carbocycles. The Morgan fingerprint density at radius 3 is 1.65 bits per heavy atom. The van der Waals surface area contributed by atoms with E-state index in [2.05, 4.69) is 6.58 Å². The van der Waals surface area contributed by atoms with Gasteiger partial charge in [0.05, 0.1) is 5.92 Å². The van der Waals surface area contributed by atoms with Gasteiger partial charge in [0.2, 0.25) is 0 Å². The lowest BCUT2D eigenvalue weighted by Gasteiger charge is -1.81. The maximum Gasteiger partial charge on any atom is 0.258 e. The standard InChI is InChI=1S/C4H4F2O.2C4H6O/c5-4(6)1-3(4)2-7;5-3-4-1-2-4;1-4(2)3-5/h2-3H,1H2;3-4H,1-2H2;3H,1H2,2H3. The number of aldehydes is 3. The van der Waals surface area contributed by atoms with Crippen LogP contribution in [-0.2, 0) is 14.4 Å². The summed E-state index contributed by atoms with van der Waals surface area (Å²) in [6.07, 6.45) is 4.10. The van der Waals surface area contributed by atoms with Crippen LogP contribution < -0.4 is 0 Å². The van der Waals surface area contributed by atoms with Crippen molar-refractivity contribution in [2.24, 2.45) is 11.8 Å². The maximum atomic E-state index is 11.6. The molecule has 2 aliphatic carbocycles. The predicted octanol–water partition coefficient (Wildman–Crippen LogP) is 2.20. The fraction of sp³-hybridized carbons (Fsp3) is 0.583. The minimum Gasteiger partial charge on any atom is -0.303 e. The highest BCUT2D eigenvalue weighted by Gasteiger charge is 2.56. The first-order valence-electron chi connectivity index (χ1n) is 5.26. The predicted molar refractivity (Wildman–Crippen MR) is 58.8 cm³/mol. The largest absolute Gasteiger partial charge is 0.303 e. The van der Waals surface area contributed by atoms with E-state index >= 15 is 0 Å². The van der Waals surface area contributed by atoms with Crippen LogP contribution in [0.25, 0.3) is 0 Å². The average Bonchev–Trinajstić information content (AvgIpc) is 3.16. The lowest BCUT2D eigenvalue weighted by molar-refractivity contribution is -0.111. The molecule has 0 spiro atoms. The molecule has 17 heavy (non-hydrogen) atoms. The second-order valence-corrected chi connectivity index (χ2v) is 4.15. The number of hydrogen-bond donors (Lipinski definition) is 0. The van der Waals surface area contributed by atoms with Gasteiger partial charge in [-0.2, -0.15) is 0 Å². The van der Waals surface area contributed by atoms with E-state index < -0.39 is 11.8 Å². The van der Waals surface area contributed by atoms with Crippen molar-refractivity contribution in [1.82, 2.24) is 0 Å². The highest BCUT2D eigenvalue weighted by atomic mass is 19.3. The number of rotatable bonds is 3. The summed E-state index contributed by atoms with van der Waals surface area (Å²) in [4.78, 5) is 28.5. The third-order valence-corrected chi connectivity index (χ3v) is 2.05. The van der Waals surface area contributed by atoms with Crippen molar-refractivity contribution in [2.45, 2.75) is 32.1 Å². The van der Waals surface area contributed by atoms with Crippen LogP contribution >= 0.6 is 0 Å². The van der Waals surface area contributed by atoms with Crippen LogP contribution in [0.2, 0.25) is 0 Å². The zero-order valence-electron chi connectivity index (χ0n) is 9.70. The molecule has 0 bridgehead atoms. The van der Waals surface area contributed by atoms with Crippen molar-refractivity contribution < 1.29 is 23.2 Å². The molecule has 3 nitrogen and oxygen atoms in total. The zero-order chi connectivity index (χ0) is 13.5. The summed E-state index contributed by atoms with van der Waals surface area (Å²) in [6.45, 7) is 4.97. The minimum absolute atomic E-state index is 0.240. The summed E-state index contributed by atoms with van der Waals surface area (Å²) in [5.74, 6) is -3.16. The molecule has 0 heterocycles. The summed E-state index contributed by atoms with van der Waals surface area (Å²) in [5.41, 5.74) is 0.574. The molecule has 0 saturated heterocycles. The van der Waals surface area contributed by atoms with Gasteiger partial charge in [-0.3, -0.25) is 4.79 Å². The van der Waals surface area contributed by atoms with Crippen molar-refractivity contribution in [2.75, 3.05) is 0 Å². The number of alkyl halides is 2. The number of carbonyl (C=O) groups excluding carboxylic acids is 3. The Balaban J connectivity index is 0.000000232. The first-order valence-corrected chi connectivity index (χ1v) is 5.26. The molecule has 2 aliphatic rings. The molecule has 0 amide bonds. The molecule has 0 aromatic rings. The second-order valence-electron chi connectivity index (χ2n) is 4.15. The highest BCUT2D eigenvalue weighted by molar-refractivity contribution is 5.70. The average molecular weight is 246 g/mol. The molecule has 1 atom stereocenters. The van der Waals surface area contributed by atoms with Gasteiger partial charge in [0.15, 0.2) is 0 Å². The zero-order valence-corrected chi connectivity index (χ0v) is 9.70. The lowest BCUT2D eigenvalue weighted by atomic mass is 10.4. The van der Waals surface area contributed by atoms with Crippen LogP contribution in [0.15, 0.2) is 12.2 Å². The van der Waals surface area contributed by atoms with E-state index in [1.807, 2.05) is 0 Å². The van der Waals surface area contributed by atoms with Gasteiger partial charge < -0.3 is 9.59 Å². The number of hydrogen-bond acceptors (Lipinski definition) is 3. The van der Waals surface area contributed by atoms with E-state index in [1.54, 1.807) is 6.92 Å². The van der Waals surface area contributed by atoms with Gasteiger partial charge >= 0.3 is 0 Å². The van der Waals surface area contributed by atoms with Gasteiger partial charge in [0.1, 0.15) is 18.9 Å². The van der Waals surface area contributed by atoms with Gasteiger partial charge in [-0.05, 0) is 25.3 Å². The van der Waals surface area contributed by atoms with Crippen LogP contribution in [0.4, 0.5) is 8.78 Å². The Labute approximate surface area is 98.9 Å². The molecule has 2 fully saturated rings. The van der Waals surface area contributed by atoms with Gasteiger partial charge in [0, 0.05) is 12.3 Å². The van der Waals surface area contributed by atoms with E-state index in [1.165, 1.54) is 0 Å². The quantitative estimate of drug-likeness (QED) is 0.566. The number of halogens is 2. The molecule has 5 heteroatoms. The second kappa shape index (κ2) is 7.04. The molecule has 2 rings (SSSR count). The first-order chi connectivity index (χ1) is 7.87. The van der Waals surface area contributed by atoms with Crippen molar-refractivity contribution in [3.8, 4) is 0 Å². The topological polar surface area (TPSA) is 51.2 Å². The Morgan fingerprint density at radius 2 is 1.65 bits per heavy atom. The Kier molecular flexibility index (Phi) is 6.46. The van der Waals surface area contributed by atoms with Gasteiger partial charge in [-0.15, -0.1) is 0 Å². The van der Waals surface area contributed by atoms with Crippen molar-refractivity contribution in [3.63, 3.8) is 0 Å². The fourth-order valence-corrected chi connectivity index (χ4v) is 0.614. The van der Waals surface area contributed by atoms with Crippen LogP contribution in [0.3, 0.4) is 0 Å². The fourth-order valence-electron chi connectivity index (χ4n) is 0.614. The molecule has 1 unspecified atom stereocenters. The molecular weight excluding hydrogens is 230 g/mol. The van der Waals surface area contributed by atoms with Crippen molar-refractivity contribution in [3.05, 3.63) is 12.2 Å². The smallest absolute Gasteiger partial charge is 0.258 e. The molecule has 0 aliphatic heterocycles. The molecule has 96 valence electrons. The van der Waals surface area contributed by atoms with Crippen molar-refractivity contribution in [1.29, 1.82) is 0 Å². The molecular formula is C12H16F2O3. The van der Waals surface area contributed by atoms with Crippen LogP contribution in [0.1, 0.15) is 26.2 Å². The summed E-state index contributed by atoms with van der Waals surface area (Å²) in [7, 11) is 0. The van der Waals surface area contributed by atoms with E-state index in [-0.39, 0.29) is 6.42 Å². The summed E-state index contributed by atoms with van der Waals surface area (Å²) >= 11 is 0. The maximum absolute atomic E-state index is 11.6. The highest BCUT2D eigenvalue weighted by Crippen LogP contribution is 2.46. The molecule has 0 radical (unpaired) electrons. The van der Waals surface area contributed by atoms with Crippen LogP contribution in [0.5, 0.6) is 0 Å². The van der Waals surface area contributed by atoms with E-state index in [9.17, 15) is 23.2 Å². The molecule has 0 aromatic heterocycles. The third-order valence-electron chi connectivity index (χ3n) is 2.05. The Bertz CT molecular complexity index is 296. The van der Waals surface area contributed by atoms with Gasteiger partial charge in [0.25, 0.3) is 5.92 Å². The Hall–Kier alpha value is -1.39. The SMILES string of the molecule is C=C(C)C=O.O=CC1CC1.O=CC1CC1(F)F. The van der Waals surface area contributed by atoms with Crippen LogP contribution in [-0.4, -0.2) is 24.8 Å². The molecule has 2 saturated carbocycles. The summed E-state index contributed by atoms with van der Waals surface area (Å²) in [5, 5.41) is 0. The number of allylic oxidation sites excluding steroid dienone is 1. The molecule has 0 N–H and O–H groups in total. The van der Waals surface area contributed by atoms with Crippen molar-refractivity contribution >= 4 is 18.9 Å². The van der Waals surface area contributed by atoms with E-state index in [4.69, 9.17) is 0 Å². The normalized spacial score (nSPS) is 22.9. The summed E-state index contributed by atoms with van der Waals surface area (Å²) in [6, 6.07) is 0. The summed E-state index contributed by atoms with van der Waals surface area (Å²) < 4.78 is 23.1. The van der Waals surface area contributed by atoms with E-state index in [0.29, 0.717) is 17.8 Å². The van der Waals surface area contributed by atoms with E-state index in [0.717, 1.165) is 25.4 Å². The Morgan fingerprint density at radius 1 is 1.24 bits per heavy atom. The van der Waals surface area contributed by atoms with Crippen LogP contribution in [0, 0.1) is 11.8 Å². The van der Waals surface area contributed by atoms with Gasteiger partial charge in [-0.1, -0.05) is 6.58 Å². The number of carbonyl (C=O) groups is 3. The third kappa shape index (κ3) is 8.42. The van der Waals surface area contributed by atoms with Gasteiger partial charge in [-0.25, -0.2) is 8.78 Å². The first kappa shape index (κ1) is 15.6.